The van der Waals surface area contributed by atoms with Crippen molar-refractivity contribution in [3.05, 3.63) is 40.9 Å². The van der Waals surface area contributed by atoms with Gasteiger partial charge in [0.15, 0.2) is 0 Å². The Labute approximate surface area is 109 Å². The lowest BCUT2D eigenvalue weighted by molar-refractivity contribution is 0.586. The Balaban J connectivity index is 2.32. The van der Waals surface area contributed by atoms with Crippen molar-refractivity contribution < 1.29 is 8.78 Å². The van der Waals surface area contributed by atoms with Crippen molar-refractivity contribution in [2.45, 2.75) is 19.9 Å². The van der Waals surface area contributed by atoms with Crippen LogP contribution in [-0.4, -0.2) is 11.5 Å². The fraction of sp³-hybridized carbons (Fsp3) is 0.308. The SMILES string of the molecule is CCNC(C)c1csc(-c2cc(F)ccc2F)n1. The van der Waals surface area contributed by atoms with E-state index in [-0.39, 0.29) is 11.6 Å². The Morgan fingerprint density at radius 1 is 1.39 bits per heavy atom. The molecule has 1 aromatic heterocycles. The first-order valence-electron chi connectivity index (χ1n) is 5.76. The molecule has 96 valence electrons. The van der Waals surface area contributed by atoms with Crippen molar-refractivity contribution in [2.75, 3.05) is 6.54 Å². The van der Waals surface area contributed by atoms with Crippen LogP contribution in [0.25, 0.3) is 10.6 Å². The van der Waals surface area contributed by atoms with E-state index in [2.05, 4.69) is 10.3 Å². The number of halogens is 2. The van der Waals surface area contributed by atoms with E-state index in [0.717, 1.165) is 24.4 Å². The molecule has 1 unspecified atom stereocenters. The van der Waals surface area contributed by atoms with Gasteiger partial charge in [0, 0.05) is 17.0 Å². The van der Waals surface area contributed by atoms with E-state index in [0.29, 0.717) is 5.01 Å². The van der Waals surface area contributed by atoms with Crippen molar-refractivity contribution in [1.82, 2.24) is 10.3 Å². The van der Waals surface area contributed by atoms with Crippen molar-refractivity contribution in [3.8, 4) is 10.6 Å². The van der Waals surface area contributed by atoms with Crippen LogP contribution in [0.2, 0.25) is 0 Å². The number of thiazole rings is 1. The van der Waals surface area contributed by atoms with E-state index in [4.69, 9.17) is 0 Å². The molecule has 0 amide bonds. The van der Waals surface area contributed by atoms with Crippen molar-refractivity contribution in [3.63, 3.8) is 0 Å². The van der Waals surface area contributed by atoms with Gasteiger partial charge in [-0.15, -0.1) is 11.3 Å². The van der Waals surface area contributed by atoms with Gasteiger partial charge in [0.05, 0.1) is 5.69 Å². The lowest BCUT2D eigenvalue weighted by Crippen LogP contribution is -2.17. The lowest BCUT2D eigenvalue weighted by Gasteiger charge is -2.08. The zero-order chi connectivity index (χ0) is 13.1. The first-order valence-corrected chi connectivity index (χ1v) is 6.64. The Kier molecular flexibility index (Phi) is 4.04. The fourth-order valence-electron chi connectivity index (χ4n) is 1.68. The van der Waals surface area contributed by atoms with Gasteiger partial charge in [0.1, 0.15) is 16.6 Å². The number of nitrogens with one attached hydrogen (secondary N) is 1. The van der Waals surface area contributed by atoms with Crippen molar-refractivity contribution in [1.29, 1.82) is 0 Å². The average Bonchev–Trinajstić information content (AvgIpc) is 2.82. The molecule has 0 fully saturated rings. The second-order valence-corrected chi connectivity index (χ2v) is 4.84. The summed E-state index contributed by atoms with van der Waals surface area (Å²) in [4.78, 5) is 4.35. The highest BCUT2D eigenvalue weighted by Crippen LogP contribution is 2.28. The zero-order valence-electron chi connectivity index (χ0n) is 10.2. The molecule has 18 heavy (non-hydrogen) atoms. The summed E-state index contributed by atoms with van der Waals surface area (Å²) < 4.78 is 26.7. The Morgan fingerprint density at radius 3 is 2.89 bits per heavy atom. The minimum atomic E-state index is -0.456. The van der Waals surface area contributed by atoms with Gasteiger partial charge < -0.3 is 5.32 Å². The van der Waals surface area contributed by atoms with E-state index in [1.54, 1.807) is 0 Å². The maximum Gasteiger partial charge on any atom is 0.133 e. The summed E-state index contributed by atoms with van der Waals surface area (Å²) in [7, 11) is 0. The van der Waals surface area contributed by atoms with Crippen LogP contribution < -0.4 is 5.32 Å². The zero-order valence-corrected chi connectivity index (χ0v) is 11.0. The van der Waals surface area contributed by atoms with Gasteiger partial charge in [0.25, 0.3) is 0 Å². The molecule has 0 aliphatic rings. The topological polar surface area (TPSA) is 24.9 Å². The molecule has 5 heteroatoms. The molecule has 0 saturated heterocycles. The summed E-state index contributed by atoms with van der Waals surface area (Å²) in [6.45, 7) is 4.84. The Hall–Kier alpha value is -1.33. The monoisotopic (exact) mass is 268 g/mol. The summed E-state index contributed by atoms with van der Waals surface area (Å²) in [5, 5.41) is 5.60. The standard InChI is InChI=1S/C13H14F2N2S/c1-3-16-8(2)12-7-18-13(17-12)10-6-9(14)4-5-11(10)15/h4-8,16H,3H2,1-2H3. The van der Waals surface area contributed by atoms with Crippen LogP contribution in [0.15, 0.2) is 23.6 Å². The van der Waals surface area contributed by atoms with Gasteiger partial charge in [-0.25, -0.2) is 13.8 Å². The van der Waals surface area contributed by atoms with Gasteiger partial charge in [0.2, 0.25) is 0 Å². The molecule has 1 atom stereocenters. The minimum absolute atomic E-state index is 0.108. The van der Waals surface area contributed by atoms with Crippen molar-refractivity contribution in [2.24, 2.45) is 0 Å². The third kappa shape index (κ3) is 2.73. The summed E-state index contributed by atoms with van der Waals surface area (Å²) in [6.07, 6.45) is 0. The third-order valence-corrected chi connectivity index (χ3v) is 3.53. The molecule has 0 spiro atoms. The molecule has 1 N–H and O–H groups in total. The minimum Gasteiger partial charge on any atom is -0.309 e. The van der Waals surface area contributed by atoms with Gasteiger partial charge in [-0.2, -0.15) is 0 Å². The molecule has 2 nitrogen and oxygen atoms in total. The average molecular weight is 268 g/mol. The second kappa shape index (κ2) is 5.54. The van der Waals surface area contributed by atoms with Gasteiger partial charge >= 0.3 is 0 Å². The van der Waals surface area contributed by atoms with Gasteiger partial charge in [-0.05, 0) is 31.7 Å². The lowest BCUT2D eigenvalue weighted by atomic mass is 10.2. The number of nitrogens with zero attached hydrogens (tertiary/aromatic N) is 1. The van der Waals surface area contributed by atoms with Crippen LogP contribution in [0.3, 0.4) is 0 Å². The van der Waals surface area contributed by atoms with Crippen LogP contribution in [-0.2, 0) is 0 Å². The molecule has 0 aliphatic carbocycles. The first kappa shape index (κ1) is 13.1. The maximum absolute atomic E-state index is 13.6. The highest BCUT2D eigenvalue weighted by Gasteiger charge is 2.13. The predicted molar refractivity (Wildman–Crippen MR) is 69.6 cm³/mol. The molecular weight excluding hydrogens is 254 g/mol. The third-order valence-electron chi connectivity index (χ3n) is 2.63. The number of rotatable bonds is 4. The second-order valence-electron chi connectivity index (χ2n) is 3.98. The molecule has 0 aliphatic heterocycles. The first-order chi connectivity index (χ1) is 8.61. The molecule has 1 aromatic carbocycles. The van der Waals surface area contributed by atoms with Crippen LogP contribution >= 0.6 is 11.3 Å². The van der Waals surface area contributed by atoms with E-state index in [9.17, 15) is 8.78 Å². The van der Waals surface area contributed by atoms with E-state index in [1.165, 1.54) is 17.4 Å². The van der Waals surface area contributed by atoms with Crippen LogP contribution in [0.4, 0.5) is 8.78 Å². The molecular formula is C13H14F2N2S. The number of benzene rings is 1. The van der Waals surface area contributed by atoms with Crippen LogP contribution in [0, 0.1) is 11.6 Å². The summed E-state index contributed by atoms with van der Waals surface area (Å²) in [5.74, 6) is -0.906. The van der Waals surface area contributed by atoms with Crippen molar-refractivity contribution >= 4 is 11.3 Å². The highest BCUT2D eigenvalue weighted by molar-refractivity contribution is 7.13. The largest absolute Gasteiger partial charge is 0.309 e. The Bertz CT molecular complexity index is 540. The summed E-state index contributed by atoms with van der Waals surface area (Å²) in [6, 6.07) is 3.51. The number of hydrogen-bond donors (Lipinski definition) is 1. The molecule has 0 bridgehead atoms. The summed E-state index contributed by atoms with van der Waals surface area (Å²) >= 11 is 1.32. The summed E-state index contributed by atoms with van der Waals surface area (Å²) in [5.41, 5.74) is 1.07. The smallest absolute Gasteiger partial charge is 0.133 e. The van der Waals surface area contributed by atoms with E-state index < -0.39 is 11.6 Å². The molecule has 1 heterocycles. The molecule has 2 aromatic rings. The molecule has 2 rings (SSSR count). The normalized spacial score (nSPS) is 12.7. The fourth-order valence-corrected chi connectivity index (χ4v) is 2.61. The van der Waals surface area contributed by atoms with E-state index in [1.807, 2.05) is 19.2 Å². The van der Waals surface area contributed by atoms with E-state index >= 15 is 0 Å². The van der Waals surface area contributed by atoms with Gasteiger partial charge in [-0.1, -0.05) is 6.92 Å². The van der Waals surface area contributed by atoms with Crippen LogP contribution in [0.5, 0.6) is 0 Å². The highest BCUT2D eigenvalue weighted by atomic mass is 32.1. The number of hydrogen-bond acceptors (Lipinski definition) is 3. The van der Waals surface area contributed by atoms with Gasteiger partial charge in [-0.3, -0.25) is 0 Å². The predicted octanol–water partition coefficient (Wildman–Crippen LogP) is 3.76. The number of aromatic nitrogens is 1. The maximum atomic E-state index is 13.6. The quantitative estimate of drug-likeness (QED) is 0.913. The molecule has 0 radical (unpaired) electrons. The Morgan fingerprint density at radius 2 is 2.17 bits per heavy atom. The van der Waals surface area contributed by atoms with Crippen LogP contribution in [0.1, 0.15) is 25.6 Å². The molecule has 0 saturated carbocycles.